The maximum Gasteiger partial charge on any atom is 0.114 e. The van der Waals surface area contributed by atoms with E-state index in [0.29, 0.717) is 5.56 Å². The summed E-state index contributed by atoms with van der Waals surface area (Å²) in [6, 6.07) is 39.1. The van der Waals surface area contributed by atoms with E-state index in [1.54, 1.807) is 0 Å². The van der Waals surface area contributed by atoms with Crippen molar-refractivity contribution in [2.75, 3.05) is 0 Å². The summed E-state index contributed by atoms with van der Waals surface area (Å²) in [6.07, 6.45) is 0. The first kappa shape index (κ1) is 21.4. The van der Waals surface area contributed by atoms with Gasteiger partial charge in [-0.1, -0.05) is 84.9 Å². The molecule has 7 aromatic rings. The Morgan fingerprint density at radius 3 is 2.00 bits per heavy atom. The minimum atomic E-state index is 0.658. The predicted octanol–water partition coefficient (Wildman–Crippen LogP) is 8.27. The molecule has 0 saturated carbocycles. The quantitative estimate of drug-likeness (QED) is 0.234. The Labute approximate surface area is 217 Å². The van der Waals surface area contributed by atoms with E-state index in [9.17, 15) is 0 Å². The van der Waals surface area contributed by atoms with Crippen LogP contribution < -0.4 is 0 Å². The van der Waals surface area contributed by atoms with Gasteiger partial charge >= 0.3 is 0 Å². The van der Waals surface area contributed by atoms with Crippen LogP contribution in [-0.4, -0.2) is 13.7 Å². The van der Waals surface area contributed by atoms with Gasteiger partial charge < -0.3 is 0 Å². The molecule has 5 heteroatoms. The molecule has 5 aromatic carbocycles. The number of pyridine rings is 1. The van der Waals surface area contributed by atoms with Gasteiger partial charge in [0.15, 0.2) is 0 Å². The van der Waals surface area contributed by atoms with Crippen LogP contribution in [0, 0.1) is 11.3 Å². The number of benzene rings is 5. The molecule has 2 heterocycles. The fourth-order valence-corrected chi connectivity index (χ4v) is 5.55. The lowest BCUT2D eigenvalue weighted by Crippen LogP contribution is -1.92. The number of fused-ring (bicyclic) bond motifs is 5. The number of para-hydroxylation sites is 1. The summed E-state index contributed by atoms with van der Waals surface area (Å²) in [7, 11) is 0. The summed E-state index contributed by atoms with van der Waals surface area (Å²) in [4.78, 5) is 5.10. The smallest absolute Gasteiger partial charge is 0.114 e. The summed E-state index contributed by atoms with van der Waals surface area (Å²) in [6.45, 7) is 0. The van der Waals surface area contributed by atoms with Gasteiger partial charge in [-0.3, -0.25) is 0 Å². The molecule has 0 amide bonds. The molecule has 0 aliphatic heterocycles. The standard InChI is InChI=1S/C32H18N4S/c33-19-20-10-12-21(13-11-20)22-14-16-23(17-15-22)26-18-27-29(32-31(26)35-37-36-32)25-8-4-5-9-28(25)34-30(27)24-6-2-1-3-7-24/h1-18H. The summed E-state index contributed by atoms with van der Waals surface area (Å²) in [5.41, 5.74) is 9.71. The van der Waals surface area contributed by atoms with E-state index in [-0.39, 0.29) is 0 Å². The number of nitriles is 1. The van der Waals surface area contributed by atoms with Gasteiger partial charge in [-0.25, -0.2) is 4.98 Å². The van der Waals surface area contributed by atoms with Crippen molar-refractivity contribution in [2.45, 2.75) is 0 Å². The SMILES string of the molecule is N#Cc1ccc(-c2ccc(-c3cc4c(-c5ccccc5)nc5ccccc5c4c4nsnc34)cc2)cc1. The summed E-state index contributed by atoms with van der Waals surface area (Å²) in [5.74, 6) is 0. The highest BCUT2D eigenvalue weighted by atomic mass is 32.1. The van der Waals surface area contributed by atoms with Gasteiger partial charge in [-0.15, -0.1) is 0 Å². The monoisotopic (exact) mass is 490 g/mol. The van der Waals surface area contributed by atoms with Crippen LogP contribution in [0.4, 0.5) is 0 Å². The van der Waals surface area contributed by atoms with Crippen LogP contribution in [0.2, 0.25) is 0 Å². The minimum Gasteiger partial charge on any atom is -0.247 e. The van der Waals surface area contributed by atoms with Crippen LogP contribution in [0.15, 0.2) is 109 Å². The van der Waals surface area contributed by atoms with Crippen LogP contribution in [0.3, 0.4) is 0 Å². The normalized spacial score (nSPS) is 11.2. The number of aromatic nitrogens is 3. The first-order valence-corrected chi connectivity index (χ1v) is 12.7. The molecule has 0 unspecified atom stereocenters. The lowest BCUT2D eigenvalue weighted by Gasteiger charge is -2.13. The molecule has 0 N–H and O–H groups in total. The van der Waals surface area contributed by atoms with Gasteiger partial charge in [0, 0.05) is 27.3 Å². The molecule has 7 rings (SSSR count). The average molecular weight is 491 g/mol. The number of hydrogen-bond donors (Lipinski definition) is 0. The highest BCUT2D eigenvalue weighted by Crippen LogP contribution is 2.41. The van der Waals surface area contributed by atoms with Crippen LogP contribution >= 0.6 is 11.7 Å². The maximum atomic E-state index is 9.09. The topological polar surface area (TPSA) is 62.5 Å². The van der Waals surface area contributed by atoms with Crippen LogP contribution in [0.25, 0.3) is 66.2 Å². The number of nitrogens with zero attached hydrogens (tertiary/aromatic N) is 4. The molecule has 0 aliphatic carbocycles. The molecule has 0 radical (unpaired) electrons. The summed E-state index contributed by atoms with van der Waals surface area (Å²) in [5, 5.41) is 12.3. The van der Waals surface area contributed by atoms with Gasteiger partial charge in [0.05, 0.1) is 34.6 Å². The second-order valence-corrected chi connectivity index (χ2v) is 9.45. The molecule has 37 heavy (non-hydrogen) atoms. The van der Waals surface area contributed by atoms with Crippen LogP contribution in [-0.2, 0) is 0 Å². The van der Waals surface area contributed by atoms with E-state index in [4.69, 9.17) is 19.0 Å². The van der Waals surface area contributed by atoms with Crippen molar-refractivity contribution in [1.82, 2.24) is 13.7 Å². The number of rotatable bonds is 3. The third-order valence-corrected chi connectivity index (χ3v) is 7.32. The first-order valence-electron chi connectivity index (χ1n) is 11.9. The fraction of sp³-hybridized carbons (Fsp3) is 0. The highest BCUT2D eigenvalue weighted by molar-refractivity contribution is 7.00. The fourth-order valence-electron chi connectivity index (χ4n) is 4.98. The highest BCUT2D eigenvalue weighted by Gasteiger charge is 2.19. The van der Waals surface area contributed by atoms with E-state index in [2.05, 4.69) is 60.7 Å². The van der Waals surface area contributed by atoms with Gasteiger partial charge in [0.2, 0.25) is 0 Å². The van der Waals surface area contributed by atoms with Crippen molar-refractivity contribution in [3.05, 3.63) is 115 Å². The lowest BCUT2D eigenvalue weighted by molar-refractivity contribution is 1.43. The van der Waals surface area contributed by atoms with E-state index in [1.807, 2.05) is 54.6 Å². The molecule has 0 aliphatic rings. The van der Waals surface area contributed by atoms with Gasteiger partial charge in [-0.05, 0) is 41.0 Å². The third kappa shape index (κ3) is 3.55. The van der Waals surface area contributed by atoms with Crippen molar-refractivity contribution in [1.29, 1.82) is 5.26 Å². The molecule has 0 bridgehead atoms. The van der Waals surface area contributed by atoms with Gasteiger partial charge in [-0.2, -0.15) is 14.0 Å². The first-order chi connectivity index (χ1) is 18.3. The third-order valence-electron chi connectivity index (χ3n) is 6.79. The second-order valence-electron chi connectivity index (χ2n) is 8.92. The van der Waals surface area contributed by atoms with E-state index < -0.39 is 0 Å². The van der Waals surface area contributed by atoms with Gasteiger partial charge in [0.25, 0.3) is 0 Å². The Hall–Kier alpha value is -4.92. The zero-order chi connectivity index (χ0) is 24.8. The van der Waals surface area contributed by atoms with E-state index in [1.165, 1.54) is 11.7 Å². The molecule has 0 spiro atoms. The zero-order valence-electron chi connectivity index (χ0n) is 19.6. The maximum absolute atomic E-state index is 9.09. The van der Waals surface area contributed by atoms with E-state index in [0.717, 1.165) is 66.2 Å². The van der Waals surface area contributed by atoms with E-state index >= 15 is 0 Å². The van der Waals surface area contributed by atoms with Crippen LogP contribution in [0.5, 0.6) is 0 Å². The Morgan fingerprint density at radius 1 is 0.595 bits per heavy atom. The molecule has 2 aromatic heterocycles. The summed E-state index contributed by atoms with van der Waals surface area (Å²) < 4.78 is 9.51. The van der Waals surface area contributed by atoms with Crippen molar-refractivity contribution < 1.29 is 0 Å². The number of hydrogen-bond acceptors (Lipinski definition) is 5. The van der Waals surface area contributed by atoms with Crippen LogP contribution in [0.1, 0.15) is 5.56 Å². The molecular weight excluding hydrogens is 472 g/mol. The van der Waals surface area contributed by atoms with Crippen molar-refractivity contribution in [2.24, 2.45) is 0 Å². The Bertz CT molecular complexity index is 1970. The largest absolute Gasteiger partial charge is 0.247 e. The molecule has 0 saturated heterocycles. The molecule has 4 nitrogen and oxygen atoms in total. The van der Waals surface area contributed by atoms with Crippen molar-refractivity contribution in [3.63, 3.8) is 0 Å². The predicted molar refractivity (Wildman–Crippen MR) is 151 cm³/mol. The zero-order valence-corrected chi connectivity index (χ0v) is 20.4. The lowest BCUT2D eigenvalue weighted by atomic mass is 9.93. The molecular formula is C32H18N4S. The minimum absolute atomic E-state index is 0.658. The second kappa shape index (κ2) is 8.63. The Balaban J connectivity index is 1.47. The molecule has 172 valence electrons. The molecule has 0 fully saturated rings. The average Bonchev–Trinajstić information content (AvgIpc) is 3.47. The molecule has 0 atom stereocenters. The summed E-state index contributed by atoms with van der Waals surface area (Å²) >= 11 is 1.24. The van der Waals surface area contributed by atoms with Crippen molar-refractivity contribution in [3.8, 4) is 39.6 Å². The van der Waals surface area contributed by atoms with Crippen molar-refractivity contribution >= 4 is 44.4 Å². The van der Waals surface area contributed by atoms with Gasteiger partial charge in [0.1, 0.15) is 11.0 Å². The Morgan fingerprint density at radius 2 is 1.24 bits per heavy atom. The Kier molecular flexibility index (Phi) is 4.99.